The van der Waals surface area contributed by atoms with Crippen LogP contribution in [0.15, 0.2) is 48.5 Å². The van der Waals surface area contributed by atoms with Crippen molar-refractivity contribution < 1.29 is 9.53 Å². The van der Waals surface area contributed by atoms with Gasteiger partial charge >= 0.3 is 0 Å². The fourth-order valence-electron chi connectivity index (χ4n) is 3.48. The van der Waals surface area contributed by atoms with Crippen molar-refractivity contribution in [2.45, 2.75) is 12.8 Å². The van der Waals surface area contributed by atoms with Crippen molar-refractivity contribution in [1.29, 1.82) is 0 Å². The molecule has 1 atom stereocenters. The van der Waals surface area contributed by atoms with Crippen LogP contribution < -0.4 is 15.0 Å². The number of carbonyl (C=O) groups excluding carboxylic acids is 1. The lowest BCUT2D eigenvalue weighted by molar-refractivity contribution is -0.120. The van der Waals surface area contributed by atoms with E-state index in [1.165, 1.54) is 0 Å². The average Bonchev–Trinajstić information content (AvgIpc) is 2.74. The molecule has 1 aromatic heterocycles. The molecule has 2 heterocycles. The third kappa shape index (κ3) is 3.87. The van der Waals surface area contributed by atoms with E-state index in [1.807, 2.05) is 24.3 Å². The first-order valence-electron chi connectivity index (χ1n) is 9.26. The molecule has 1 saturated heterocycles. The van der Waals surface area contributed by atoms with Gasteiger partial charge in [-0.2, -0.15) is 0 Å². The number of piperidine rings is 1. The van der Waals surface area contributed by atoms with Gasteiger partial charge in [0.05, 0.1) is 24.1 Å². The zero-order chi connectivity index (χ0) is 19.5. The Kier molecular flexibility index (Phi) is 5.30. The molecule has 0 aliphatic carbocycles. The lowest BCUT2D eigenvalue weighted by atomic mass is 9.97. The largest absolute Gasteiger partial charge is 0.478 e. The molecule has 0 unspecified atom stereocenters. The van der Waals surface area contributed by atoms with E-state index in [0.717, 1.165) is 36.1 Å². The summed E-state index contributed by atoms with van der Waals surface area (Å²) in [4.78, 5) is 24.2. The maximum atomic E-state index is 12.8. The van der Waals surface area contributed by atoms with Gasteiger partial charge < -0.3 is 15.0 Å². The van der Waals surface area contributed by atoms with E-state index in [-0.39, 0.29) is 11.8 Å². The molecule has 2 aromatic carbocycles. The van der Waals surface area contributed by atoms with Crippen molar-refractivity contribution in [2.24, 2.45) is 5.92 Å². The predicted octanol–water partition coefficient (Wildman–Crippen LogP) is 4.15. The Labute approximate surface area is 168 Å². The lowest BCUT2D eigenvalue weighted by Gasteiger charge is -2.33. The van der Waals surface area contributed by atoms with Crippen LogP contribution in [-0.4, -0.2) is 36.1 Å². The third-order valence-electron chi connectivity index (χ3n) is 4.92. The second-order valence-electron chi connectivity index (χ2n) is 6.83. The van der Waals surface area contributed by atoms with Crippen LogP contribution in [0.2, 0.25) is 5.02 Å². The zero-order valence-corrected chi connectivity index (χ0v) is 16.3. The number of para-hydroxylation sites is 2. The van der Waals surface area contributed by atoms with Gasteiger partial charge in [0, 0.05) is 23.8 Å². The molecule has 1 aliphatic rings. The highest BCUT2D eigenvalue weighted by Crippen LogP contribution is 2.30. The molecule has 3 aromatic rings. The van der Waals surface area contributed by atoms with Crippen LogP contribution in [0, 0.1) is 5.92 Å². The molecule has 144 valence electrons. The zero-order valence-electron chi connectivity index (χ0n) is 15.6. The maximum absolute atomic E-state index is 12.8. The van der Waals surface area contributed by atoms with Crippen LogP contribution in [0.1, 0.15) is 12.8 Å². The summed E-state index contributed by atoms with van der Waals surface area (Å²) < 4.78 is 5.48. The Morgan fingerprint density at radius 1 is 1.14 bits per heavy atom. The molecule has 28 heavy (non-hydrogen) atoms. The number of anilines is 2. The van der Waals surface area contributed by atoms with Crippen LogP contribution in [0.4, 0.5) is 11.5 Å². The summed E-state index contributed by atoms with van der Waals surface area (Å²) in [5, 5.41) is 3.62. The molecule has 1 N–H and O–H groups in total. The topological polar surface area (TPSA) is 67.4 Å². The van der Waals surface area contributed by atoms with Crippen molar-refractivity contribution in [3.63, 3.8) is 0 Å². The molecule has 0 spiro atoms. The van der Waals surface area contributed by atoms with Gasteiger partial charge in [0.25, 0.3) is 5.88 Å². The summed E-state index contributed by atoms with van der Waals surface area (Å²) in [5.41, 5.74) is 2.35. The van der Waals surface area contributed by atoms with E-state index < -0.39 is 0 Å². The third-order valence-corrected chi connectivity index (χ3v) is 5.17. The van der Waals surface area contributed by atoms with Crippen molar-refractivity contribution in [2.75, 3.05) is 30.4 Å². The number of carbonyl (C=O) groups is 1. The van der Waals surface area contributed by atoms with Crippen LogP contribution in [0.25, 0.3) is 11.0 Å². The van der Waals surface area contributed by atoms with Crippen molar-refractivity contribution >= 4 is 40.0 Å². The Bertz CT molecular complexity index is 993. The number of benzene rings is 2. The van der Waals surface area contributed by atoms with Gasteiger partial charge in [-0.25, -0.2) is 9.97 Å². The molecule has 1 fully saturated rings. The first-order valence-corrected chi connectivity index (χ1v) is 9.64. The van der Waals surface area contributed by atoms with Gasteiger partial charge in [-0.05, 0) is 49.2 Å². The maximum Gasteiger partial charge on any atom is 0.257 e. The number of aromatic nitrogens is 2. The highest BCUT2D eigenvalue weighted by Gasteiger charge is 2.28. The van der Waals surface area contributed by atoms with Crippen molar-refractivity contribution in [3.05, 3.63) is 53.6 Å². The van der Waals surface area contributed by atoms with E-state index in [0.29, 0.717) is 23.3 Å². The Balaban J connectivity index is 1.54. The van der Waals surface area contributed by atoms with Gasteiger partial charge in [0.2, 0.25) is 5.91 Å². The highest BCUT2D eigenvalue weighted by molar-refractivity contribution is 6.30. The number of nitrogens with zero attached hydrogens (tertiary/aromatic N) is 3. The minimum Gasteiger partial charge on any atom is -0.478 e. The smallest absolute Gasteiger partial charge is 0.257 e. The number of ether oxygens (including phenoxy) is 1. The summed E-state index contributed by atoms with van der Waals surface area (Å²) >= 11 is 5.91. The van der Waals surface area contributed by atoms with Gasteiger partial charge in [-0.3, -0.25) is 4.79 Å². The van der Waals surface area contributed by atoms with Crippen LogP contribution in [0.3, 0.4) is 0 Å². The standard InChI is InChI=1S/C21H21ClN4O2/c1-28-21-19(24-17-6-2-3-7-18(17)25-21)26-12-4-5-14(13-26)20(27)23-16-10-8-15(22)9-11-16/h2-3,6-11,14H,4-5,12-13H2,1H3,(H,23,27)/t14-/m0/s1. The lowest BCUT2D eigenvalue weighted by Crippen LogP contribution is -2.41. The fraction of sp³-hybridized carbons (Fsp3) is 0.286. The van der Waals surface area contributed by atoms with Gasteiger partial charge in [-0.15, -0.1) is 0 Å². The summed E-state index contributed by atoms with van der Waals surface area (Å²) in [6.45, 7) is 1.39. The van der Waals surface area contributed by atoms with E-state index in [2.05, 4.69) is 15.2 Å². The number of rotatable bonds is 4. The van der Waals surface area contributed by atoms with E-state index in [4.69, 9.17) is 21.3 Å². The number of halogens is 1. The molecule has 6 nitrogen and oxygen atoms in total. The summed E-state index contributed by atoms with van der Waals surface area (Å²) in [6, 6.07) is 14.8. The first-order chi connectivity index (χ1) is 13.6. The predicted molar refractivity (Wildman–Crippen MR) is 111 cm³/mol. The van der Waals surface area contributed by atoms with Crippen molar-refractivity contribution in [1.82, 2.24) is 9.97 Å². The molecule has 7 heteroatoms. The Hall–Kier alpha value is -2.86. The quantitative estimate of drug-likeness (QED) is 0.717. The van der Waals surface area contributed by atoms with E-state index in [1.54, 1.807) is 31.4 Å². The van der Waals surface area contributed by atoms with Crippen molar-refractivity contribution in [3.8, 4) is 5.88 Å². The van der Waals surface area contributed by atoms with Gasteiger partial charge in [-0.1, -0.05) is 23.7 Å². The number of fused-ring (bicyclic) bond motifs is 1. The summed E-state index contributed by atoms with van der Waals surface area (Å²) in [6.07, 6.45) is 1.73. The SMILES string of the molecule is COc1nc2ccccc2nc1N1CCC[C@H](C(=O)Nc2ccc(Cl)cc2)C1. The molecule has 0 radical (unpaired) electrons. The minimum absolute atomic E-state index is 0.000243. The second kappa shape index (κ2) is 8.02. The average molecular weight is 397 g/mol. The molecule has 1 amide bonds. The van der Waals surface area contributed by atoms with Gasteiger partial charge in [0.15, 0.2) is 5.82 Å². The Morgan fingerprint density at radius 3 is 2.57 bits per heavy atom. The highest BCUT2D eigenvalue weighted by atomic mass is 35.5. The van der Waals surface area contributed by atoms with Gasteiger partial charge in [0.1, 0.15) is 0 Å². The molecular weight excluding hydrogens is 376 g/mol. The first kappa shape index (κ1) is 18.5. The number of hydrogen-bond donors (Lipinski definition) is 1. The Morgan fingerprint density at radius 2 is 1.86 bits per heavy atom. The number of amides is 1. The second-order valence-corrected chi connectivity index (χ2v) is 7.26. The van der Waals surface area contributed by atoms with E-state index in [9.17, 15) is 4.79 Å². The number of methoxy groups -OCH3 is 1. The van der Waals surface area contributed by atoms with Crippen LogP contribution in [-0.2, 0) is 4.79 Å². The minimum atomic E-state index is -0.137. The number of hydrogen-bond acceptors (Lipinski definition) is 5. The van der Waals surface area contributed by atoms with Crippen LogP contribution >= 0.6 is 11.6 Å². The fourth-order valence-corrected chi connectivity index (χ4v) is 3.60. The normalized spacial score (nSPS) is 16.8. The monoisotopic (exact) mass is 396 g/mol. The molecule has 4 rings (SSSR count). The number of nitrogens with one attached hydrogen (secondary N) is 1. The van der Waals surface area contributed by atoms with Crippen LogP contribution in [0.5, 0.6) is 5.88 Å². The van der Waals surface area contributed by atoms with E-state index >= 15 is 0 Å². The molecule has 0 bridgehead atoms. The summed E-state index contributed by atoms with van der Waals surface area (Å²) in [7, 11) is 1.59. The molecular formula is C21H21ClN4O2. The molecule has 1 aliphatic heterocycles. The molecule has 0 saturated carbocycles. The summed E-state index contributed by atoms with van der Waals surface area (Å²) in [5.74, 6) is 1.03.